The summed E-state index contributed by atoms with van der Waals surface area (Å²) in [4.78, 5) is 15.7. The van der Waals surface area contributed by atoms with Gasteiger partial charge in [0, 0.05) is 17.4 Å². The van der Waals surface area contributed by atoms with E-state index in [1.54, 1.807) is 5.38 Å². The Kier molecular flexibility index (Phi) is 4.49. The Balaban J connectivity index is 1.65. The maximum absolute atomic E-state index is 12.0. The number of benzene rings is 1. The fourth-order valence-corrected chi connectivity index (χ4v) is 3.22. The molecule has 0 atom stereocenters. The molecule has 0 spiro atoms. The number of carbonyl (C=O) groups is 1. The van der Waals surface area contributed by atoms with Crippen molar-refractivity contribution in [1.29, 1.82) is 0 Å². The van der Waals surface area contributed by atoms with Crippen LogP contribution in [0.5, 0.6) is 5.75 Å². The summed E-state index contributed by atoms with van der Waals surface area (Å²) in [7, 11) is 0. The average molecular weight is 360 g/mol. The van der Waals surface area contributed by atoms with Crippen molar-refractivity contribution in [1.82, 2.24) is 4.98 Å². The van der Waals surface area contributed by atoms with E-state index in [9.17, 15) is 18.0 Å². The summed E-state index contributed by atoms with van der Waals surface area (Å²) in [5.74, 6) is -0.550. The van der Waals surface area contributed by atoms with Gasteiger partial charge in [0.25, 0.3) is 0 Å². The molecule has 4 nitrogen and oxygen atoms in total. The number of anilines is 1. The van der Waals surface area contributed by atoms with Crippen molar-refractivity contribution >= 4 is 34.1 Å². The molecular weight excluding hydrogens is 349 g/mol. The summed E-state index contributed by atoms with van der Waals surface area (Å²) in [5.41, 5.74) is -1.76. The molecule has 1 aliphatic rings. The van der Waals surface area contributed by atoms with Gasteiger partial charge in [-0.25, -0.2) is 4.98 Å². The largest absolute Gasteiger partial charge is 0.493 e. The summed E-state index contributed by atoms with van der Waals surface area (Å²) in [6.45, 7) is 0.661. The van der Waals surface area contributed by atoms with Gasteiger partial charge in [0.1, 0.15) is 5.75 Å². The Morgan fingerprint density at radius 2 is 2.26 bits per heavy atom. The molecule has 23 heavy (non-hydrogen) atoms. The smallest absolute Gasteiger partial charge is 0.442 e. The van der Waals surface area contributed by atoms with Crippen molar-refractivity contribution in [2.24, 2.45) is 0 Å². The number of thiazole rings is 1. The van der Waals surface area contributed by atoms with Crippen LogP contribution in [-0.4, -0.2) is 28.8 Å². The maximum atomic E-state index is 12.0. The van der Waals surface area contributed by atoms with E-state index in [1.165, 1.54) is 11.3 Å². The number of amides is 1. The SMILES string of the molecule is O=C(CSC(F)(F)F)Nc1nc(-c2ccc3c(c2)CCO3)cs1. The number of fused-ring (bicyclic) bond motifs is 1. The number of halogens is 3. The van der Waals surface area contributed by atoms with Crippen LogP contribution in [0.15, 0.2) is 23.6 Å². The molecule has 2 heterocycles. The number of hydrogen-bond acceptors (Lipinski definition) is 5. The third-order valence-electron chi connectivity index (χ3n) is 3.10. The fraction of sp³-hybridized carbons (Fsp3) is 0.286. The van der Waals surface area contributed by atoms with Gasteiger partial charge in [0.2, 0.25) is 5.91 Å². The molecule has 1 aromatic heterocycles. The molecule has 9 heteroatoms. The molecule has 0 radical (unpaired) electrons. The van der Waals surface area contributed by atoms with Gasteiger partial charge >= 0.3 is 5.51 Å². The minimum atomic E-state index is -4.42. The van der Waals surface area contributed by atoms with Gasteiger partial charge in [0.15, 0.2) is 5.13 Å². The van der Waals surface area contributed by atoms with Crippen molar-refractivity contribution in [3.8, 4) is 17.0 Å². The summed E-state index contributed by atoms with van der Waals surface area (Å²) < 4.78 is 41.6. The lowest BCUT2D eigenvalue weighted by Crippen LogP contribution is -2.16. The van der Waals surface area contributed by atoms with Crippen molar-refractivity contribution < 1.29 is 22.7 Å². The van der Waals surface area contributed by atoms with E-state index in [4.69, 9.17) is 4.74 Å². The van der Waals surface area contributed by atoms with Crippen molar-refractivity contribution in [2.45, 2.75) is 11.9 Å². The number of carbonyl (C=O) groups excluding carboxylic acids is 1. The number of alkyl halides is 3. The quantitative estimate of drug-likeness (QED) is 0.897. The maximum Gasteiger partial charge on any atom is 0.442 e. The minimum absolute atomic E-state index is 0.282. The van der Waals surface area contributed by atoms with E-state index in [-0.39, 0.29) is 16.9 Å². The first kappa shape index (κ1) is 16.1. The molecule has 0 aliphatic carbocycles. The van der Waals surface area contributed by atoms with Crippen LogP contribution in [0.2, 0.25) is 0 Å². The topological polar surface area (TPSA) is 51.2 Å². The van der Waals surface area contributed by atoms with E-state index >= 15 is 0 Å². The minimum Gasteiger partial charge on any atom is -0.493 e. The van der Waals surface area contributed by atoms with Crippen molar-refractivity contribution in [3.63, 3.8) is 0 Å². The molecule has 0 saturated carbocycles. The van der Waals surface area contributed by atoms with Gasteiger partial charge in [-0.3, -0.25) is 4.79 Å². The number of aromatic nitrogens is 1. The van der Waals surface area contributed by atoms with E-state index in [1.807, 2.05) is 18.2 Å². The normalized spacial score (nSPS) is 13.5. The highest BCUT2D eigenvalue weighted by atomic mass is 32.2. The summed E-state index contributed by atoms with van der Waals surface area (Å²) >= 11 is 0.803. The van der Waals surface area contributed by atoms with Crippen LogP contribution in [0.1, 0.15) is 5.56 Å². The summed E-state index contributed by atoms with van der Waals surface area (Å²) in [5, 5.41) is 4.42. The molecule has 122 valence electrons. The Labute approximate surface area is 138 Å². The molecule has 0 bridgehead atoms. The van der Waals surface area contributed by atoms with Gasteiger partial charge in [-0.05, 0) is 35.5 Å². The molecule has 3 rings (SSSR count). The lowest BCUT2D eigenvalue weighted by molar-refractivity contribution is -0.114. The fourth-order valence-electron chi connectivity index (χ4n) is 2.11. The van der Waals surface area contributed by atoms with E-state index in [0.717, 1.165) is 23.3 Å². The predicted molar refractivity (Wildman–Crippen MR) is 83.9 cm³/mol. The van der Waals surface area contributed by atoms with Gasteiger partial charge in [-0.2, -0.15) is 13.2 Å². The molecule has 1 aliphatic heterocycles. The van der Waals surface area contributed by atoms with Gasteiger partial charge < -0.3 is 10.1 Å². The molecule has 0 fully saturated rings. The highest BCUT2D eigenvalue weighted by Crippen LogP contribution is 2.32. The Morgan fingerprint density at radius 3 is 3.04 bits per heavy atom. The second-order valence-corrected chi connectivity index (χ2v) is 6.64. The molecule has 0 unspecified atom stereocenters. The number of ether oxygens (including phenoxy) is 1. The molecule has 2 aromatic rings. The van der Waals surface area contributed by atoms with E-state index in [2.05, 4.69) is 10.3 Å². The zero-order valence-corrected chi connectivity index (χ0v) is 13.3. The van der Waals surface area contributed by atoms with E-state index in [0.29, 0.717) is 12.3 Å². The van der Waals surface area contributed by atoms with Crippen LogP contribution >= 0.6 is 23.1 Å². The van der Waals surface area contributed by atoms with Crippen LogP contribution < -0.4 is 10.1 Å². The second kappa shape index (κ2) is 6.40. The van der Waals surface area contributed by atoms with Crippen LogP contribution in [0, 0.1) is 0 Å². The van der Waals surface area contributed by atoms with Crippen LogP contribution in [0.25, 0.3) is 11.3 Å². The monoisotopic (exact) mass is 360 g/mol. The summed E-state index contributed by atoms with van der Waals surface area (Å²) in [6.07, 6.45) is 0.839. The average Bonchev–Trinajstić information content (AvgIpc) is 3.12. The lowest BCUT2D eigenvalue weighted by Gasteiger charge is -2.04. The Morgan fingerprint density at radius 1 is 1.43 bits per heavy atom. The second-order valence-electron chi connectivity index (χ2n) is 4.74. The standard InChI is InChI=1S/C14H11F3N2O2S2/c15-14(16,17)23-7-12(20)19-13-18-10(6-22-13)8-1-2-11-9(5-8)3-4-21-11/h1-2,5-6H,3-4,7H2,(H,18,19,20). The van der Waals surface area contributed by atoms with Gasteiger partial charge in [0.05, 0.1) is 18.1 Å². The summed E-state index contributed by atoms with van der Waals surface area (Å²) in [6, 6.07) is 5.71. The molecule has 0 saturated heterocycles. The zero-order chi connectivity index (χ0) is 16.4. The first-order valence-electron chi connectivity index (χ1n) is 6.63. The van der Waals surface area contributed by atoms with Gasteiger partial charge in [-0.1, -0.05) is 0 Å². The highest BCUT2D eigenvalue weighted by Gasteiger charge is 2.29. The Hall–Kier alpha value is -1.74. The first-order valence-corrected chi connectivity index (χ1v) is 8.49. The van der Waals surface area contributed by atoms with Crippen LogP contribution in [-0.2, 0) is 11.2 Å². The number of nitrogens with zero attached hydrogens (tertiary/aromatic N) is 1. The number of nitrogens with one attached hydrogen (secondary N) is 1. The Bertz CT molecular complexity index is 731. The molecule has 1 aromatic carbocycles. The van der Waals surface area contributed by atoms with Crippen molar-refractivity contribution in [2.75, 3.05) is 17.7 Å². The predicted octanol–water partition coefficient (Wildman–Crippen LogP) is 3.94. The third kappa shape index (κ3) is 4.17. The molecule has 1 N–H and O–H groups in total. The van der Waals surface area contributed by atoms with Crippen LogP contribution in [0.4, 0.5) is 18.3 Å². The number of thioether (sulfide) groups is 1. The van der Waals surface area contributed by atoms with Crippen LogP contribution in [0.3, 0.4) is 0 Å². The third-order valence-corrected chi connectivity index (χ3v) is 4.59. The number of rotatable bonds is 4. The highest BCUT2D eigenvalue weighted by molar-refractivity contribution is 8.00. The molecule has 1 amide bonds. The van der Waals surface area contributed by atoms with E-state index < -0.39 is 17.2 Å². The number of hydrogen-bond donors (Lipinski definition) is 1. The first-order chi connectivity index (χ1) is 10.9. The lowest BCUT2D eigenvalue weighted by atomic mass is 10.1. The van der Waals surface area contributed by atoms with Crippen molar-refractivity contribution in [3.05, 3.63) is 29.1 Å². The van der Waals surface area contributed by atoms with Gasteiger partial charge in [-0.15, -0.1) is 11.3 Å². The zero-order valence-electron chi connectivity index (χ0n) is 11.6. The molecular formula is C14H11F3N2O2S2.